The lowest BCUT2D eigenvalue weighted by Crippen LogP contribution is -2.43. The summed E-state index contributed by atoms with van der Waals surface area (Å²) in [6.45, 7) is 14.3. The average Bonchev–Trinajstić information content (AvgIpc) is 2.65. The van der Waals surface area contributed by atoms with Gasteiger partial charge in [-0.3, -0.25) is 9.69 Å². The van der Waals surface area contributed by atoms with E-state index in [4.69, 9.17) is 16.3 Å². The Bertz CT molecular complexity index is 793. The van der Waals surface area contributed by atoms with E-state index >= 15 is 0 Å². The smallest absolute Gasteiger partial charge is 0.416 e. The van der Waals surface area contributed by atoms with E-state index in [-0.39, 0.29) is 30.2 Å². The number of rotatable bonds is 3. The number of benzene rings is 1. The minimum Gasteiger partial charge on any atom is -0.481 e. The van der Waals surface area contributed by atoms with Gasteiger partial charge in [0.1, 0.15) is 0 Å². The Morgan fingerprint density at radius 2 is 1.56 bits per heavy atom. The number of halogens is 5. The van der Waals surface area contributed by atoms with Crippen molar-refractivity contribution in [3.8, 4) is 12.3 Å². The standard InChI is InChI=1S/C18H24F5N.C6H10.C2H4O2/c1-16(2,3)8-10-24-11-9-17(19,20)12-15(24)13-4-6-14(7-5-13)18(21,22)23;1-5-6(2,3)4;1-2(3)4/h4-7,15H,8-12H2,1-3H3;1H,2-4H3;1H3,(H,3,4). The Morgan fingerprint density at radius 3 is 1.91 bits per heavy atom. The third-order valence-corrected chi connectivity index (χ3v) is 4.90. The molecule has 0 spiro atoms. The van der Waals surface area contributed by atoms with E-state index in [0.29, 0.717) is 12.1 Å². The molecule has 0 bridgehead atoms. The number of nitrogens with zero attached hydrogens (tertiary/aromatic N) is 1. The van der Waals surface area contributed by atoms with Crippen LogP contribution in [-0.2, 0) is 11.0 Å². The fourth-order valence-corrected chi connectivity index (χ4v) is 2.95. The third kappa shape index (κ3) is 14.2. The molecule has 1 unspecified atom stereocenters. The molecule has 0 aromatic heterocycles. The van der Waals surface area contributed by atoms with Gasteiger partial charge in [0.25, 0.3) is 11.9 Å². The molecule has 1 aliphatic rings. The van der Waals surface area contributed by atoms with Crippen molar-refractivity contribution in [2.24, 2.45) is 10.8 Å². The number of carboxylic acid groups (broad SMARTS) is 1. The van der Waals surface area contributed by atoms with Crippen LogP contribution >= 0.6 is 0 Å². The normalized spacial score (nSPS) is 18.5. The summed E-state index contributed by atoms with van der Waals surface area (Å²) in [7, 11) is 0. The first-order valence-electron chi connectivity index (χ1n) is 11.1. The predicted octanol–water partition coefficient (Wildman–Crippen LogP) is 7.67. The number of aliphatic carboxylic acids is 1. The molecule has 194 valence electrons. The van der Waals surface area contributed by atoms with Gasteiger partial charge in [0.15, 0.2) is 0 Å². The number of hydrogen-bond acceptors (Lipinski definition) is 2. The Labute approximate surface area is 200 Å². The van der Waals surface area contributed by atoms with E-state index < -0.39 is 29.7 Å². The molecule has 0 amide bonds. The number of terminal acetylenes is 1. The van der Waals surface area contributed by atoms with Gasteiger partial charge in [-0.15, -0.1) is 12.3 Å². The van der Waals surface area contributed by atoms with Crippen LogP contribution in [-0.4, -0.2) is 35.0 Å². The Morgan fingerprint density at radius 1 is 1.12 bits per heavy atom. The molecule has 1 aliphatic heterocycles. The van der Waals surface area contributed by atoms with Crippen LogP contribution in [0.4, 0.5) is 22.0 Å². The topological polar surface area (TPSA) is 40.5 Å². The molecular formula is C26H38F5NO2. The van der Waals surface area contributed by atoms with Crippen molar-refractivity contribution >= 4 is 5.97 Å². The summed E-state index contributed by atoms with van der Waals surface area (Å²) in [5.74, 6) is -1.00. The van der Waals surface area contributed by atoms with Crippen molar-refractivity contribution in [1.82, 2.24) is 4.90 Å². The van der Waals surface area contributed by atoms with E-state index in [0.717, 1.165) is 25.5 Å². The molecule has 0 saturated carbocycles. The minimum atomic E-state index is -4.42. The zero-order valence-corrected chi connectivity index (χ0v) is 21.2. The Hall–Kier alpha value is -2.14. The first-order chi connectivity index (χ1) is 15.2. The number of carbonyl (C=O) groups is 1. The SMILES string of the molecule is C#CC(C)(C)C.CC(=O)O.CC(C)(C)CCN1CCC(F)(F)CC1c1ccc(C(F)(F)F)cc1. The maximum atomic E-state index is 13.8. The molecule has 3 nitrogen and oxygen atoms in total. The molecule has 1 heterocycles. The largest absolute Gasteiger partial charge is 0.481 e. The molecule has 2 rings (SSSR count). The molecular weight excluding hydrogens is 453 g/mol. The summed E-state index contributed by atoms with van der Waals surface area (Å²) >= 11 is 0. The van der Waals surface area contributed by atoms with Gasteiger partial charge in [-0.1, -0.05) is 32.9 Å². The lowest BCUT2D eigenvalue weighted by atomic mass is 9.88. The van der Waals surface area contributed by atoms with Crippen molar-refractivity contribution in [3.05, 3.63) is 35.4 Å². The van der Waals surface area contributed by atoms with E-state index in [1.807, 2.05) is 25.7 Å². The van der Waals surface area contributed by atoms with Gasteiger partial charge < -0.3 is 5.11 Å². The van der Waals surface area contributed by atoms with Crippen LogP contribution < -0.4 is 0 Å². The van der Waals surface area contributed by atoms with Crippen molar-refractivity contribution in [1.29, 1.82) is 0 Å². The number of piperidine rings is 1. The zero-order valence-electron chi connectivity index (χ0n) is 21.2. The summed E-state index contributed by atoms with van der Waals surface area (Å²) in [5.41, 5.74) is -0.0867. The highest BCUT2D eigenvalue weighted by Gasteiger charge is 2.41. The molecule has 1 aromatic rings. The highest BCUT2D eigenvalue weighted by molar-refractivity contribution is 5.62. The Kier molecular flexibility index (Phi) is 11.7. The van der Waals surface area contributed by atoms with Crippen LogP contribution in [0.25, 0.3) is 0 Å². The first kappa shape index (κ1) is 31.9. The second kappa shape index (κ2) is 12.5. The monoisotopic (exact) mass is 491 g/mol. The molecule has 1 fully saturated rings. The summed E-state index contributed by atoms with van der Waals surface area (Å²) < 4.78 is 65.7. The Balaban J connectivity index is 0.000000917. The van der Waals surface area contributed by atoms with Crippen molar-refractivity contribution in [3.63, 3.8) is 0 Å². The van der Waals surface area contributed by atoms with Gasteiger partial charge in [-0.05, 0) is 56.8 Å². The van der Waals surface area contributed by atoms with E-state index in [9.17, 15) is 22.0 Å². The van der Waals surface area contributed by atoms with Crippen LogP contribution in [0, 0.1) is 23.2 Å². The molecule has 1 saturated heterocycles. The molecule has 1 aromatic carbocycles. The fourth-order valence-electron chi connectivity index (χ4n) is 2.95. The highest BCUT2D eigenvalue weighted by Crippen LogP contribution is 2.41. The summed E-state index contributed by atoms with van der Waals surface area (Å²) in [6, 6.07) is 4.07. The van der Waals surface area contributed by atoms with Crippen LogP contribution in [0.1, 0.15) is 84.9 Å². The van der Waals surface area contributed by atoms with Gasteiger partial charge >= 0.3 is 6.18 Å². The predicted molar refractivity (Wildman–Crippen MR) is 126 cm³/mol. The number of carboxylic acids is 1. The maximum Gasteiger partial charge on any atom is 0.416 e. The van der Waals surface area contributed by atoms with Gasteiger partial charge in [0, 0.05) is 37.8 Å². The molecule has 0 aliphatic carbocycles. The number of hydrogen-bond donors (Lipinski definition) is 1. The van der Waals surface area contributed by atoms with Gasteiger partial charge in [-0.2, -0.15) is 13.2 Å². The second-order valence-electron chi connectivity index (χ2n) is 10.7. The van der Waals surface area contributed by atoms with Crippen molar-refractivity contribution in [2.45, 2.75) is 85.9 Å². The van der Waals surface area contributed by atoms with Crippen molar-refractivity contribution in [2.75, 3.05) is 13.1 Å². The van der Waals surface area contributed by atoms with E-state index in [1.54, 1.807) is 0 Å². The third-order valence-electron chi connectivity index (χ3n) is 4.90. The van der Waals surface area contributed by atoms with Crippen LogP contribution in [0.2, 0.25) is 0 Å². The fraction of sp³-hybridized carbons (Fsp3) is 0.654. The number of alkyl halides is 5. The summed E-state index contributed by atoms with van der Waals surface area (Å²) in [6.07, 6.45) is 0.938. The maximum absolute atomic E-state index is 13.8. The second-order valence-corrected chi connectivity index (χ2v) is 10.7. The summed E-state index contributed by atoms with van der Waals surface area (Å²) in [5, 5.41) is 7.42. The summed E-state index contributed by atoms with van der Waals surface area (Å²) in [4.78, 5) is 11.0. The average molecular weight is 492 g/mol. The lowest BCUT2D eigenvalue weighted by Gasteiger charge is -2.40. The molecule has 34 heavy (non-hydrogen) atoms. The zero-order chi connectivity index (χ0) is 27.0. The van der Waals surface area contributed by atoms with Gasteiger partial charge in [0.05, 0.1) is 5.56 Å². The first-order valence-corrected chi connectivity index (χ1v) is 11.1. The minimum absolute atomic E-state index is 0.0694. The van der Waals surface area contributed by atoms with E-state index in [2.05, 4.69) is 26.7 Å². The van der Waals surface area contributed by atoms with E-state index in [1.165, 1.54) is 12.1 Å². The van der Waals surface area contributed by atoms with Gasteiger partial charge in [-0.25, -0.2) is 8.78 Å². The molecule has 1 atom stereocenters. The lowest BCUT2D eigenvalue weighted by molar-refractivity contribution is -0.137. The molecule has 8 heteroatoms. The molecule has 1 N–H and O–H groups in total. The highest BCUT2D eigenvalue weighted by atomic mass is 19.4. The quantitative estimate of drug-likeness (QED) is 0.348. The van der Waals surface area contributed by atoms with Crippen LogP contribution in [0.5, 0.6) is 0 Å². The van der Waals surface area contributed by atoms with Crippen molar-refractivity contribution < 1.29 is 31.9 Å². The van der Waals surface area contributed by atoms with Crippen LogP contribution in [0.3, 0.4) is 0 Å². The van der Waals surface area contributed by atoms with Gasteiger partial charge in [0.2, 0.25) is 0 Å². The molecule has 0 radical (unpaired) electrons. The van der Waals surface area contributed by atoms with Crippen LogP contribution in [0.15, 0.2) is 24.3 Å². The number of likely N-dealkylation sites (tertiary alicyclic amines) is 1.